The van der Waals surface area contributed by atoms with Crippen LogP contribution in [-0.4, -0.2) is 61.0 Å². The minimum absolute atomic E-state index is 0.0172. The van der Waals surface area contributed by atoms with Gasteiger partial charge in [-0.1, -0.05) is 46.8 Å². The van der Waals surface area contributed by atoms with Gasteiger partial charge in [-0.3, -0.25) is 9.59 Å². The highest BCUT2D eigenvalue weighted by Gasteiger charge is 2.25. The summed E-state index contributed by atoms with van der Waals surface area (Å²) in [7, 11) is 2.12. The van der Waals surface area contributed by atoms with Crippen molar-refractivity contribution in [1.82, 2.24) is 15.2 Å². The largest absolute Gasteiger partial charge is 0.354 e. The van der Waals surface area contributed by atoms with E-state index in [1.54, 1.807) is 6.20 Å². The minimum atomic E-state index is -0.655. The highest BCUT2D eigenvalue weighted by Crippen LogP contribution is 2.22. The summed E-state index contributed by atoms with van der Waals surface area (Å²) in [6.45, 7) is 14.1. The van der Waals surface area contributed by atoms with Crippen LogP contribution < -0.4 is 15.5 Å². The lowest BCUT2D eigenvalue weighted by Crippen LogP contribution is -2.47. The van der Waals surface area contributed by atoms with Gasteiger partial charge in [0.15, 0.2) is 0 Å². The molecule has 2 aromatic rings. The number of rotatable bonds is 6. The summed E-state index contributed by atoms with van der Waals surface area (Å²) >= 11 is 0. The molecular formula is C26H37N5O2. The molecule has 0 bridgehead atoms. The number of benzene rings is 1. The van der Waals surface area contributed by atoms with Crippen LogP contribution in [0, 0.1) is 5.92 Å². The Morgan fingerprint density at radius 1 is 0.970 bits per heavy atom. The summed E-state index contributed by atoms with van der Waals surface area (Å²) in [5.74, 6) is 0.334. The second-order valence-electron chi connectivity index (χ2n) is 10.2. The second kappa shape index (κ2) is 10.3. The van der Waals surface area contributed by atoms with Crippen LogP contribution in [0.4, 0.5) is 11.5 Å². The smallest absolute Gasteiger partial charge is 0.251 e. The predicted molar refractivity (Wildman–Crippen MR) is 134 cm³/mol. The summed E-state index contributed by atoms with van der Waals surface area (Å²) in [4.78, 5) is 34.8. The topological polar surface area (TPSA) is 77.6 Å². The number of likely N-dealkylation sites (N-methyl/N-ethyl adjacent to an activating group) is 1. The number of nitrogens with one attached hydrogen (secondary N) is 2. The molecule has 0 aliphatic carbocycles. The maximum atomic E-state index is 13.0. The fourth-order valence-electron chi connectivity index (χ4n) is 3.78. The van der Waals surface area contributed by atoms with Crippen LogP contribution in [0.3, 0.4) is 0 Å². The average molecular weight is 452 g/mol. The normalized spacial score (nSPS) is 15.9. The zero-order chi connectivity index (χ0) is 24.2. The molecule has 1 fully saturated rings. The van der Waals surface area contributed by atoms with Gasteiger partial charge in [-0.25, -0.2) is 4.98 Å². The van der Waals surface area contributed by atoms with Gasteiger partial charge in [0, 0.05) is 31.7 Å². The van der Waals surface area contributed by atoms with Gasteiger partial charge in [-0.2, -0.15) is 0 Å². The Morgan fingerprint density at radius 2 is 1.61 bits per heavy atom. The third-order valence-electron chi connectivity index (χ3n) is 6.09. The van der Waals surface area contributed by atoms with E-state index < -0.39 is 6.04 Å². The highest BCUT2D eigenvalue weighted by atomic mass is 16.2. The van der Waals surface area contributed by atoms with Crippen LogP contribution in [0.1, 0.15) is 50.5 Å². The van der Waals surface area contributed by atoms with Crippen molar-refractivity contribution in [3.8, 4) is 0 Å². The molecule has 1 atom stereocenters. The van der Waals surface area contributed by atoms with Gasteiger partial charge in [-0.15, -0.1) is 0 Å². The van der Waals surface area contributed by atoms with E-state index in [2.05, 4.69) is 53.2 Å². The number of carbonyl (C=O) groups is 2. The molecule has 1 aromatic heterocycles. The Kier molecular flexibility index (Phi) is 7.74. The van der Waals surface area contributed by atoms with Crippen molar-refractivity contribution in [2.24, 2.45) is 5.92 Å². The van der Waals surface area contributed by atoms with E-state index in [-0.39, 0.29) is 23.1 Å². The first kappa shape index (κ1) is 24.7. The molecule has 2 N–H and O–H groups in total. The van der Waals surface area contributed by atoms with Crippen LogP contribution in [-0.2, 0) is 10.2 Å². The first-order valence-corrected chi connectivity index (χ1v) is 11.7. The van der Waals surface area contributed by atoms with Crippen LogP contribution >= 0.6 is 0 Å². The van der Waals surface area contributed by atoms with Crippen molar-refractivity contribution in [3.63, 3.8) is 0 Å². The predicted octanol–water partition coefficient (Wildman–Crippen LogP) is 3.52. The lowest BCUT2D eigenvalue weighted by molar-refractivity contribution is -0.118. The molecule has 2 amide bonds. The molecule has 7 heteroatoms. The van der Waals surface area contributed by atoms with Crippen molar-refractivity contribution >= 4 is 23.3 Å². The SMILES string of the molecule is CC(C)[C@H](NC(=O)c1ccc(C(C)(C)C)cc1)C(=O)Nc1ccc(N2CCN(C)CC2)nc1. The Labute approximate surface area is 197 Å². The van der Waals surface area contributed by atoms with Gasteiger partial charge in [0.1, 0.15) is 11.9 Å². The molecule has 33 heavy (non-hydrogen) atoms. The van der Waals surface area contributed by atoms with Crippen molar-refractivity contribution in [1.29, 1.82) is 0 Å². The summed E-state index contributed by atoms with van der Waals surface area (Å²) in [5, 5.41) is 5.80. The van der Waals surface area contributed by atoms with Gasteiger partial charge < -0.3 is 20.4 Å². The molecule has 0 radical (unpaired) electrons. The van der Waals surface area contributed by atoms with Gasteiger partial charge in [0.05, 0.1) is 11.9 Å². The lowest BCUT2D eigenvalue weighted by atomic mass is 9.86. The van der Waals surface area contributed by atoms with E-state index in [4.69, 9.17) is 0 Å². The third kappa shape index (κ3) is 6.54. The van der Waals surface area contributed by atoms with Gasteiger partial charge in [0.2, 0.25) is 5.91 Å². The Hall–Kier alpha value is -2.93. The highest BCUT2D eigenvalue weighted by molar-refractivity contribution is 6.01. The van der Waals surface area contributed by atoms with Crippen LogP contribution in [0.5, 0.6) is 0 Å². The van der Waals surface area contributed by atoms with E-state index in [9.17, 15) is 9.59 Å². The van der Waals surface area contributed by atoms with Crippen molar-refractivity contribution < 1.29 is 9.59 Å². The number of piperazine rings is 1. The number of hydrogen-bond donors (Lipinski definition) is 2. The zero-order valence-corrected chi connectivity index (χ0v) is 20.7. The number of amides is 2. The lowest BCUT2D eigenvalue weighted by Gasteiger charge is -2.33. The average Bonchev–Trinajstić information content (AvgIpc) is 2.77. The Balaban J connectivity index is 1.62. The number of pyridine rings is 1. The molecule has 1 aromatic carbocycles. The molecular weight excluding hydrogens is 414 g/mol. The number of hydrogen-bond acceptors (Lipinski definition) is 5. The van der Waals surface area contributed by atoms with Crippen molar-refractivity contribution in [2.45, 2.75) is 46.1 Å². The Bertz CT molecular complexity index is 940. The fraction of sp³-hybridized carbons (Fsp3) is 0.500. The second-order valence-corrected chi connectivity index (χ2v) is 10.2. The fourth-order valence-corrected chi connectivity index (χ4v) is 3.78. The van der Waals surface area contributed by atoms with E-state index in [1.807, 2.05) is 50.2 Å². The third-order valence-corrected chi connectivity index (χ3v) is 6.09. The van der Waals surface area contributed by atoms with Gasteiger partial charge in [-0.05, 0) is 48.2 Å². The first-order chi connectivity index (χ1) is 15.5. The maximum Gasteiger partial charge on any atom is 0.251 e. The molecule has 0 saturated carbocycles. The Morgan fingerprint density at radius 3 is 2.12 bits per heavy atom. The number of carbonyl (C=O) groups excluding carboxylic acids is 2. The van der Waals surface area contributed by atoms with E-state index in [1.165, 1.54) is 0 Å². The summed E-state index contributed by atoms with van der Waals surface area (Å²) in [6.07, 6.45) is 1.68. The molecule has 1 saturated heterocycles. The van der Waals surface area contributed by atoms with E-state index >= 15 is 0 Å². The zero-order valence-electron chi connectivity index (χ0n) is 20.7. The van der Waals surface area contributed by atoms with Crippen LogP contribution in [0.15, 0.2) is 42.6 Å². The molecule has 1 aliphatic heterocycles. The summed E-state index contributed by atoms with van der Waals surface area (Å²) in [6, 6.07) is 10.7. The molecule has 2 heterocycles. The van der Waals surface area contributed by atoms with E-state index in [0.717, 1.165) is 37.6 Å². The van der Waals surface area contributed by atoms with Crippen LogP contribution in [0.25, 0.3) is 0 Å². The monoisotopic (exact) mass is 451 g/mol. The molecule has 3 rings (SSSR count). The quantitative estimate of drug-likeness (QED) is 0.703. The van der Waals surface area contributed by atoms with Crippen molar-refractivity contribution in [2.75, 3.05) is 43.4 Å². The van der Waals surface area contributed by atoms with Crippen molar-refractivity contribution in [3.05, 3.63) is 53.7 Å². The maximum absolute atomic E-state index is 13.0. The molecule has 0 spiro atoms. The number of nitrogens with zero attached hydrogens (tertiary/aromatic N) is 3. The first-order valence-electron chi connectivity index (χ1n) is 11.7. The summed E-state index contributed by atoms with van der Waals surface area (Å²) < 4.78 is 0. The molecule has 7 nitrogen and oxygen atoms in total. The summed E-state index contributed by atoms with van der Waals surface area (Å²) in [5.41, 5.74) is 2.33. The van der Waals surface area contributed by atoms with E-state index in [0.29, 0.717) is 11.3 Å². The molecule has 0 unspecified atom stereocenters. The minimum Gasteiger partial charge on any atom is -0.354 e. The number of aromatic nitrogens is 1. The molecule has 1 aliphatic rings. The standard InChI is InChI=1S/C26H37N5O2/c1-18(2)23(29-24(32)19-7-9-20(10-8-19)26(3,4)5)25(33)28-21-11-12-22(27-17-21)31-15-13-30(6)14-16-31/h7-12,17-18,23H,13-16H2,1-6H3,(H,28,33)(H,29,32)/t23-/m0/s1. The van der Waals surface area contributed by atoms with Gasteiger partial charge in [0.25, 0.3) is 5.91 Å². The van der Waals surface area contributed by atoms with Gasteiger partial charge >= 0.3 is 0 Å². The number of anilines is 2. The molecule has 178 valence electrons. The van der Waals surface area contributed by atoms with Crippen LogP contribution in [0.2, 0.25) is 0 Å².